The van der Waals surface area contributed by atoms with Crippen molar-refractivity contribution in [1.29, 1.82) is 5.41 Å². The number of nitrogens with two attached hydrogens (primary N) is 1. The molecule has 2 atom stereocenters. The molecular formula is C15H21N3. The Bertz CT molecular complexity index is 481. The second-order valence-corrected chi connectivity index (χ2v) is 5.82. The Morgan fingerprint density at radius 3 is 2.83 bits per heavy atom. The van der Waals surface area contributed by atoms with Gasteiger partial charge in [0.05, 0.1) is 0 Å². The van der Waals surface area contributed by atoms with Crippen molar-refractivity contribution in [3.8, 4) is 0 Å². The van der Waals surface area contributed by atoms with E-state index in [1.807, 2.05) is 12.1 Å². The third-order valence-corrected chi connectivity index (χ3v) is 4.55. The molecule has 1 aliphatic heterocycles. The number of hydrogen-bond donors (Lipinski definition) is 2. The van der Waals surface area contributed by atoms with Crippen molar-refractivity contribution in [3.05, 3.63) is 34.9 Å². The van der Waals surface area contributed by atoms with E-state index in [0.717, 1.165) is 24.1 Å². The van der Waals surface area contributed by atoms with Crippen molar-refractivity contribution in [2.75, 3.05) is 6.54 Å². The Morgan fingerprint density at radius 2 is 2.28 bits per heavy atom. The molecule has 2 fully saturated rings. The van der Waals surface area contributed by atoms with E-state index in [1.165, 1.54) is 36.9 Å². The lowest BCUT2D eigenvalue weighted by Crippen LogP contribution is -2.31. The van der Waals surface area contributed by atoms with Crippen LogP contribution in [0.1, 0.15) is 36.0 Å². The van der Waals surface area contributed by atoms with Crippen molar-refractivity contribution in [2.24, 2.45) is 11.7 Å². The predicted molar refractivity (Wildman–Crippen MR) is 73.7 cm³/mol. The average molecular weight is 243 g/mol. The number of likely N-dealkylation sites (tertiary alicyclic amines) is 1. The van der Waals surface area contributed by atoms with Crippen molar-refractivity contribution < 1.29 is 0 Å². The number of rotatable bonds is 3. The van der Waals surface area contributed by atoms with Crippen LogP contribution in [0.2, 0.25) is 0 Å². The van der Waals surface area contributed by atoms with Crippen LogP contribution in [0.5, 0.6) is 0 Å². The first-order chi connectivity index (χ1) is 8.63. The first kappa shape index (κ1) is 11.7. The van der Waals surface area contributed by atoms with E-state index in [1.54, 1.807) is 0 Å². The Hall–Kier alpha value is -1.35. The van der Waals surface area contributed by atoms with Crippen LogP contribution >= 0.6 is 0 Å². The van der Waals surface area contributed by atoms with Crippen LogP contribution in [-0.4, -0.2) is 23.3 Å². The fourth-order valence-corrected chi connectivity index (χ4v) is 3.48. The maximum Gasteiger partial charge on any atom is 0.122 e. The van der Waals surface area contributed by atoms with Crippen LogP contribution in [0.3, 0.4) is 0 Å². The summed E-state index contributed by atoms with van der Waals surface area (Å²) < 4.78 is 0. The van der Waals surface area contributed by atoms with Crippen LogP contribution < -0.4 is 5.73 Å². The van der Waals surface area contributed by atoms with Crippen molar-refractivity contribution in [3.63, 3.8) is 0 Å². The van der Waals surface area contributed by atoms with Crippen LogP contribution in [0.25, 0.3) is 0 Å². The van der Waals surface area contributed by atoms with Crippen LogP contribution in [0.15, 0.2) is 18.2 Å². The number of piperidine rings is 1. The maximum atomic E-state index is 7.46. The highest BCUT2D eigenvalue weighted by atomic mass is 15.2. The number of aryl methyl sites for hydroxylation is 1. The number of nitrogens with zero attached hydrogens (tertiary/aromatic N) is 1. The Morgan fingerprint density at radius 1 is 1.44 bits per heavy atom. The molecule has 2 unspecified atom stereocenters. The summed E-state index contributed by atoms with van der Waals surface area (Å²) in [6.07, 6.45) is 4.23. The van der Waals surface area contributed by atoms with E-state index in [-0.39, 0.29) is 5.84 Å². The molecule has 1 heterocycles. The molecule has 3 heteroatoms. The van der Waals surface area contributed by atoms with E-state index in [9.17, 15) is 0 Å². The van der Waals surface area contributed by atoms with Crippen LogP contribution in [-0.2, 0) is 6.54 Å². The van der Waals surface area contributed by atoms with Gasteiger partial charge in [-0.2, -0.15) is 0 Å². The third kappa shape index (κ3) is 2.03. The standard InChI is InChI=1S/C15H21N3/c1-10-6-12(15(16)17)3-4-13(10)9-18-8-11-2-5-14(18)7-11/h3-4,6,11,14H,2,5,7-9H2,1H3,(H3,16,17). The summed E-state index contributed by atoms with van der Waals surface area (Å²) in [6.45, 7) is 4.46. The number of amidine groups is 1. The number of fused-ring (bicyclic) bond motifs is 2. The molecular weight excluding hydrogens is 222 g/mol. The van der Waals surface area contributed by atoms with Crippen molar-refractivity contribution in [1.82, 2.24) is 4.90 Å². The molecule has 1 aliphatic carbocycles. The molecule has 0 radical (unpaired) electrons. The molecule has 1 saturated heterocycles. The van der Waals surface area contributed by atoms with Gasteiger partial charge in [0.2, 0.25) is 0 Å². The predicted octanol–water partition coefficient (Wildman–Crippen LogP) is 2.26. The molecule has 3 rings (SSSR count). The summed E-state index contributed by atoms with van der Waals surface area (Å²) in [7, 11) is 0. The second-order valence-electron chi connectivity index (χ2n) is 5.82. The normalized spacial score (nSPS) is 26.7. The number of hydrogen-bond acceptors (Lipinski definition) is 2. The van der Waals surface area contributed by atoms with E-state index < -0.39 is 0 Å². The maximum absolute atomic E-state index is 7.46. The molecule has 1 aromatic rings. The van der Waals surface area contributed by atoms with Gasteiger partial charge in [0, 0.05) is 24.7 Å². The first-order valence-corrected chi connectivity index (χ1v) is 6.81. The zero-order valence-corrected chi connectivity index (χ0v) is 10.9. The molecule has 3 N–H and O–H groups in total. The summed E-state index contributed by atoms with van der Waals surface area (Å²) >= 11 is 0. The highest BCUT2D eigenvalue weighted by Gasteiger charge is 2.37. The summed E-state index contributed by atoms with van der Waals surface area (Å²) in [5, 5.41) is 7.46. The zero-order chi connectivity index (χ0) is 12.7. The van der Waals surface area contributed by atoms with E-state index in [2.05, 4.69) is 17.9 Å². The first-order valence-electron chi connectivity index (χ1n) is 6.81. The smallest absolute Gasteiger partial charge is 0.122 e. The van der Waals surface area contributed by atoms with Gasteiger partial charge in [0.15, 0.2) is 0 Å². The molecule has 96 valence electrons. The van der Waals surface area contributed by atoms with Gasteiger partial charge >= 0.3 is 0 Å². The van der Waals surface area contributed by atoms with E-state index in [0.29, 0.717) is 0 Å². The fourth-order valence-electron chi connectivity index (χ4n) is 3.48. The molecule has 1 saturated carbocycles. The summed E-state index contributed by atoms with van der Waals surface area (Å²) in [5.74, 6) is 1.11. The number of nitrogens with one attached hydrogen (secondary N) is 1. The molecule has 3 nitrogen and oxygen atoms in total. The van der Waals surface area contributed by atoms with Gasteiger partial charge in [-0.1, -0.05) is 12.1 Å². The van der Waals surface area contributed by atoms with E-state index in [4.69, 9.17) is 11.1 Å². The molecule has 2 aliphatic rings. The number of benzene rings is 1. The third-order valence-electron chi connectivity index (χ3n) is 4.55. The van der Waals surface area contributed by atoms with Crippen molar-refractivity contribution >= 4 is 5.84 Å². The average Bonchev–Trinajstić information content (AvgIpc) is 2.93. The van der Waals surface area contributed by atoms with Gasteiger partial charge in [-0.15, -0.1) is 0 Å². The largest absolute Gasteiger partial charge is 0.384 e. The van der Waals surface area contributed by atoms with Gasteiger partial charge < -0.3 is 5.73 Å². The monoisotopic (exact) mass is 243 g/mol. The minimum absolute atomic E-state index is 0.157. The Kier molecular flexibility index (Phi) is 2.86. The molecule has 2 bridgehead atoms. The number of nitrogen functional groups attached to an aromatic ring is 1. The summed E-state index contributed by atoms with van der Waals surface area (Å²) in [4.78, 5) is 2.63. The van der Waals surface area contributed by atoms with E-state index >= 15 is 0 Å². The highest BCUT2D eigenvalue weighted by molar-refractivity contribution is 5.95. The van der Waals surface area contributed by atoms with Crippen LogP contribution in [0, 0.1) is 18.3 Å². The lowest BCUT2D eigenvalue weighted by Gasteiger charge is -2.27. The minimum Gasteiger partial charge on any atom is -0.384 e. The van der Waals surface area contributed by atoms with Crippen LogP contribution in [0.4, 0.5) is 0 Å². The quantitative estimate of drug-likeness (QED) is 0.632. The van der Waals surface area contributed by atoms with Gasteiger partial charge in [-0.3, -0.25) is 10.3 Å². The second kappa shape index (κ2) is 4.39. The summed E-state index contributed by atoms with van der Waals surface area (Å²) in [6, 6.07) is 6.96. The lowest BCUT2D eigenvalue weighted by molar-refractivity contribution is 0.205. The van der Waals surface area contributed by atoms with Gasteiger partial charge in [0.25, 0.3) is 0 Å². The topological polar surface area (TPSA) is 53.1 Å². The Balaban J connectivity index is 1.75. The minimum atomic E-state index is 0.157. The lowest BCUT2D eigenvalue weighted by atomic mass is 10.0. The van der Waals surface area contributed by atoms with Gasteiger partial charge in [-0.05, 0) is 49.3 Å². The molecule has 0 amide bonds. The highest BCUT2D eigenvalue weighted by Crippen LogP contribution is 2.38. The fraction of sp³-hybridized carbons (Fsp3) is 0.533. The van der Waals surface area contributed by atoms with Gasteiger partial charge in [-0.25, -0.2) is 0 Å². The summed E-state index contributed by atoms with van der Waals surface area (Å²) in [5.41, 5.74) is 8.99. The van der Waals surface area contributed by atoms with Gasteiger partial charge in [0.1, 0.15) is 5.84 Å². The zero-order valence-electron chi connectivity index (χ0n) is 10.9. The molecule has 18 heavy (non-hydrogen) atoms. The SMILES string of the molecule is Cc1cc(C(=N)N)ccc1CN1CC2CCC1C2. The molecule has 1 aromatic carbocycles. The molecule has 0 aromatic heterocycles. The Labute approximate surface area is 108 Å². The molecule has 0 spiro atoms. The van der Waals surface area contributed by atoms with Crippen molar-refractivity contribution in [2.45, 2.75) is 38.8 Å².